The number of amides is 5. The van der Waals surface area contributed by atoms with Crippen LogP contribution in [0, 0.1) is 11.8 Å². The summed E-state index contributed by atoms with van der Waals surface area (Å²) in [6, 6.07) is 13.3. The first kappa shape index (κ1) is 58.3. The largest absolute Gasteiger partial charge is 0.490 e. The van der Waals surface area contributed by atoms with E-state index in [0.29, 0.717) is 25.1 Å². The van der Waals surface area contributed by atoms with Gasteiger partial charge in [-0.15, -0.1) is 0 Å². The molecule has 3 aromatic rings. The summed E-state index contributed by atoms with van der Waals surface area (Å²) in [4.78, 5) is 84.6. The Bertz CT molecular complexity index is 2120. The molecule has 5 amide bonds. The van der Waals surface area contributed by atoms with E-state index in [0.717, 1.165) is 59.8 Å². The lowest BCUT2D eigenvalue weighted by Crippen LogP contribution is -2.58. The number of hydrogen-bond donors (Lipinski definition) is 8. The van der Waals surface area contributed by atoms with E-state index >= 15 is 0 Å². The van der Waals surface area contributed by atoms with Gasteiger partial charge in [-0.05, 0) is 62.6 Å². The van der Waals surface area contributed by atoms with Crippen LogP contribution in [0.15, 0.2) is 67.1 Å². The van der Waals surface area contributed by atoms with Crippen LogP contribution in [0.25, 0.3) is 0 Å². The van der Waals surface area contributed by atoms with E-state index in [4.69, 9.17) is 14.6 Å². The van der Waals surface area contributed by atoms with E-state index < -0.39 is 71.8 Å². The Morgan fingerprint density at radius 2 is 1.40 bits per heavy atom. The molecule has 1 aliphatic rings. The van der Waals surface area contributed by atoms with Gasteiger partial charge in [-0.25, -0.2) is 14.6 Å². The number of ether oxygens (including phenoxy) is 1. The standard InChI is InChI=1S/C48H72N8O7.C2HF3O2/c1-32(2)22-39(44(59)50-28-35-20-15-21-36(23-35)30-56(6,7)8)52-43(58)27-42(57)38(24-33-16-11-9-12-17-33)53-46(61)41(26-37-29-49-31-51-37)54-45(60)40(25-34-18-13-10-14-19-34)55-47(62)63-48(3,4)5;3-2(4,5)1(6)7/h10,13-15,18-21,23,29,31-33,38-42,57H,9,11-12,16-17,22,24-28,30H2,1-8H3,(H5-,49,50,51,52,53,54,55,58,59,60,61,62);(H,6,7)/p+1/t38-,39-,40-,41-,42-;/m0./s1. The number of rotatable bonds is 22. The topological polar surface area (TPSA) is 241 Å². The quantitative estimate of drug-likeness (QED) is 0.0591. The van der Waals surface area contributed by atoms with Crippen LogP contribution in [-0.4, -0.2) is 124 Å². The van der Waals surface area contributed by atoms with Crippen LogP contribution in [0.3, 0.4) is 0 Å². The second-order valence-corrected chi connectivity index (χ2v) is 20.4. The van der Waals surface area contributed by atoms with Crippen molar-refractivity contribution in [3.63, 3.8) is 0 Å². The molecule has 0 aliphatic heterocycles. The number of aliphatic hydroxyl groups excluding tert-OH is 1. The Labute approximate surface area is 409 Å². The van der Waals surface area contributed by atoms with Gasteiger partial charge in [0.05, 0.1) is 46.0 Å². The van der Waals surface area contributed by atoms with Crippen LogP contribution in [0.1, 0.15) is 108 Å². The summed E-state index contributed by atoms with van der Waals surface area (Å²) in [7, 11) is 6.36. The molecule has 2 aromatic carbocycles. The summed E-state index contributed by atoms with van der Waals surface area (Å²) in [5.41, 5.74) is 2.65. The number of quaternary nitrogens is 1. The zero-order chi connectivity index (χ0) is 52.2. The van der Waals surface area contributed by atoms with Gasteiger partial charge < -0.3 is 51.0 Å². The summed E-state index contributed by atoms with van der Waals surface area (Å²) in [6.45, 7) is 10.3. The van der Waals surface area contributed by atoms with Gasteiger partial charge in [-0.1, -0.05) is 94.5 Å². The number of aliphatic hydroxyl groups is 1. The molecule has 1 aromatic heterocycles. The van der Waals surface area contributed by atoms with Crippen molar-refractivity contribution in [3.05, 3.63) is 89.5 Å². The summed E-state index contributed by atoms with van der Waals surface area (Å²) >= 11 is 0. The van der Waals surface area contributed by atoms with E-state index in [1.165, 1.54) is 6.33 Å². The Balaban J connectivity index is 0.00000171. The van der Waals surface area contributed by atoms with Crippen molar-refractivity contribution in [2.24, 2.45) is 11.8 Å². The molecule has 1 heterocycles. The molecular formula is C50H74F3N8O9+. The molecule has 1 saturated carbocycles. The fourth-order valence-electron chi connectivity index (χ4n) is 7.97. The highest BCUT2D eigenvalue weighted by Gasteiger charge is 2.38. The van der Waals surface area contributed by atoms with Crippen molar-refractivity contribution in [2.45, 2.75) is 154 Å². The lowest BCUT2D eigenvalue weighted by molar-refractivity contribution is -0.884. The number of H-pyrrole nitrogens is 1. The third-order valence-corrected chi connectivity index (χ3v) is 11.1. The number of nitrogens with zero attached hydrogens (tertiary/aromatic N) is 2. The van der Waals surface area contributed by atoms with Gasteiger partial charge in [0.2, 0.25) is 23.6 Å². The van der Waals surface area contributed by atoms with Gasteiger partial charge in [0, 0.05) is 36.8 Å². The Morgan fingerprint density at radius 3 is 1.97 bits per heavy atom. The van der Waals surface area contributed by atoms with Crippen molar-refractivity contribution in [1.29, 1.82) is 0 Å². The minimum absolute atomic E-state index is 0.0287. The number of nitrogens with one attached hydrogen (secondary N) is 6. The lowest BCUT2D eigenvalue weighted by atomic mass is 9.83. The molecule has 17 nitrogen and oxygen atoms in total. The molecule has 0 bridgehead atoms. The summed E-state index contributed by atoms with van der Waals surface area (Å²) in [5.74, 6) is -4.49. The molecule has 1 aliphatic carbocycles. The van der Waals surface area contributed by atoms with Gasteiger partial charge >= 0.3 is 18.2 Å². The number of carboxylic acids is 1. The molecule has 0 saturated heterocycles. The molecule has 0 spiro atoms. The fraction of sp³-hybridized carbons (Fsp3) is 0.580. The van der Waals surface area contributed by atoms with Crippen LogP contribution >= 0.6 is 0 Å². The Hall–Kier alpha value is -6.02. The zero-order valence-electron chi connectivity index (χ0n) is 41.7. The summed E-state index contributed by atoms with van der Waals surface area (Å²) in [5, 5.41) is 33.3. The number of carboxylic acid groups (broad SMARTS) is 1. The normalized spacial score (nSPS) is 15.4. The predicted molar refractivity (Wildman–Crippen MR) is 256 cm³/mol. The van der Waals surface area contributed by atoms with Gasteiger partial charge in [-0.3, -0.25) is 19.2 Å². The fourth-order valence-corrected chi connectivity index (χ4v) is 7.97. The van der Waals surface area contributed by atoms with E-state index in [-0.39, 0.29) is 37.0 Å². The van der Waals surface area contributed by atoms with Crippen LogP contribution in [0.2, 0.25) is 0 Å². The first-order chi connectivity index (χ1) is 32.7. The average molecular weight is 988 g/mol. The van der Waals surface area contributed by atoms with Crippen molar-refractivity contribution < 1.29 is 61.4 Å². The SMILES string of the molecule is CC(C)C[C@H](NC(=O)C[C@H](O)[C@H](CC1CCCCC1)NC(=O)[C@H](Cc1cnc[nH]1)NC(=O)[C@H](Cc1ccccc1)NC(=O)OC(C)(C)C)C(=O)NCc1cccc(C[N+](C)(C)C)c1.O=C(O)C(F)(F)F. The van der Waals surface area contributed by atoms with Gasteiger partial charge in [0.25, 0.3) is 0 Å². The summed E-state index contributed by atoms with van der Waals surface area (Å²) < 4.78 is 38.0. The molecule has 70 heavy (non-hydrogen) atoms. The second kappa shape index (κ2) is 27.4. The number of halogens is 3. The summed E-state index contributed by atoms with van der Waals surface area (Å²) in [6.07, 6.45) is 1.48. The molecule has 1 fully saturated rings. The predicted octanol–water partition coefficient (Wildman–Crippen LogP) is 5.47. The highest BCUT2D eigenvalue weighted by Crippen LogP contribution is 2.29. The zero-order valence-corrected chi connectivity index (χ0v) is 41.7. The highest BCUT2D eigenvalue weighted by molar-refractivity contribution is 5.92. The van der Waals surface area contributed by atoms with Crippen molar-refractivity contribution >= 4 is 35.7 Å². The Kier molecular flexibility index (Phi) is 22.8. The third-order valence-electron chi connectivity index (χ3n) is 11.1. The maximum absolute atomic E-state index is 14.4. The average Bonchev–Trinajstić information content (AvgIpc) is 3.77. The first-order valence-corrected chi connectivity index (χ1v) is 23.7. The number of hydrogen-bond acceptors (Lipinski definition) is 9. The van der Waals surface area contributed by atoms with E-state index in [1.807, 2.05) is 56.3 Å². The number of alkyl halides is 3. The minimum Gasteiger partial charge on any atom is -0.475 e. The number of imidazole rings is 1. The lowest BCUT2D eigenvalue weighted by Gasteiger charge is -2.32. The van der Waals surface area contributed by atoms with Crippen LogP contribution in [0.4, 0.5) is 18.0 Å². The molecule has 0 unspecified atom stereocenters. The third kappa shape index (κ3) is 23.1. The van der Waals surface area contributed by atoms with Crippen molar-refractivity contribution in [2.75, 3.05) is 21.1 Å². The van der Waals surface area contributed by atoms with Crippen LogP contribution in [0.5, 0.6) is 0 Å². The number of aromatic nitrogens is 2. The van der Waals surface area contributed by atoms with E-state index in [2.05, 4.69) is 69.8 Å². The molecule has 4 rings (SSSR count). The molecule has 0 radical (unpaired) electrons. The first-order valence-electron chi connectivity index (χ1n) is 23.7. The van der Waals surface area contributed by atoms with Gasteiger partial charge in [0.15, 0.2) is 0 Å². The monoisotopic (exact) mass is 988 g/mol. The maximum Gasteiger partial charge on any atom is 0.490 e. The number of benzene rings is 2. The molecular weight excluding hydrogens is 914 g/mol. The molecule has 20 heteroatoms. The van der Waals surface area contributed by atoms with Crippen LogP contribution in [-0.2, 0) is 54.6 Å². The Morgan fingerprint density at radius 1 is 0.800 bits per heavy atom. The number of alkyl carbamates (subject to hydrolysis) is 1. The molecule has 388 valence electrons. The van der Waals surface area contributed by atoms with Crippen molar-refractivity contribution in [3.8, 4) is 0 Å². The smallest absolute Gasteiger partial charge is 0.475 e. The highest BCUT2D eigenvalue weighted by atomic mass is 19.4. The molecule has 8 N–H and O–H groups in total. The number of aromatic amines is 1. The number of aliphatic carboxylic acids is 1. The minimum atomic E-state index is -5.08. The number of carbonyl (C=O) groups is 6. The second-order valence-electron chi connectivity index (χ2n) is 20.4. The number of carbonyl (C=O) groups excluding carboxylic acids is 5. The van der Waals surface area contributed by atoms with Gasteiger partial charge in [0.1, 0.15) is 30.3 Å². The molecule has 5 atom stereocenters. The van der Waals surface area contributed by atoms with Crippen molar-refractivity contribution in [1.82, 2.24) is 36.6 Å². The van der Waals surface area contributed by atoms with Crippen LogP contribution < -0.4 is 26.6 Å². The van der Waals surface area contributed by atoms with E-state index in [1.54, 1.807) is 27.0 Å². The van der Waals surface area contributed by atoms with Gasteiger partial charge in [-0.2, -0.15) is 13.2 Å². The maximum atomic E-state index is 14.4. The van der Waals surface area contributed by atoms with E-state index in [9.17, 15) is 42.3 Å².